The fourth-order valence-corrected chi connectivity index (χ4v) is 3.72. The maximum Gasteiger partial charge on any atom is 0.328 e. The van der Waals surface area contributed by atoms with Crippen molar-refractivity contribution in [2.75, 3.05) is 5.75 Å². The lowest BCUT2D eigenvalue weighted by molar-refractivity contribution is -0.131. The number of nitrogens with one attached hydrogen (secondary N) is 1. The van der Waals surface area contributed by atoms with E-state index in [2.05, 4.69) is 4.72 Å². The molecule has 0 aliphatic rings. The first-order valence-electron chi connectivity index (χ1n) is 6.53. The van der Waals surface area contributed by atoms with Crippen molar-refractivity contribution in [1.29, 1.82) is 0 Å². The van der Waals surface area contributed by atoms with E-state index in [1.54, 1.807) is 11.4 Å². The van der Waals surface area contributed by atoms with Crippen molar-refractivity contribution in [3.05, 3.63) is 28.0 Å². The van der Waals surface area contributed by atoms with Crippen molar-refractivity contribution in [3.63, 3.8) is 0 Å². The molecule has 21 heavy (non-hydrogen) atoms. The number of sulfonamides is 1. The molecule has 0 amide bonds. The molecule has 1 rings (SSSR count). The maximum atomic E-state index is 11.9. The fourth-order valence-electron chi connectivity index (χ4n) is 1.44. The number of carboxylic acids is 1. The normalized spacial score (nSPS) is 12.9. The van der Waals surface area contributed by atoms with Crippen LogP contribution in [0.1, 0.15) is 37.6 Å². The van der Waals surface area contributed by atoms with E-state index in [-0.39, 0.29) is 17.7 Å². The lowest BCUT2D eigenvalue weighted by Crippen LogP contribution is -2.27. The molecule has 1 heterocycles. The van der Waals surface area contributed by atoms with Gasteiger partial charge in [-0.25, -0.2) is 17.9 Å². The molecule has 0 fully saturated rings. The van der Waals surface area contributed by atoms with Crippen LogP contribution in [0.5, 0.6) is 0 Å². The Bertz CT molecular complexity index is 609. The molecule has 0 spiro atoms. The summed E-state index contributed by atoms with van der Waals surface area (Å²) >= 11 is 1.39. The smallest absolute Gasteiger partial charge is 0.328 e. The van der Waals surface area contributed by atoms with Gasteiger partial charge in [-0.3, -0.25) is 0 Å². The van der Waals surface area contributed by atoms with Crippen LogP contribution in [-0.2, 0) is 21.4 Å². The van der Waals surface area contributed by atoms with Gasteiger partial charge in [0.15, 0.2) is 0 Å². The number of rotatable bonds is 7. The van der Waals surface area contributed by atoms with E-state index in [0.29, 0.717) is 6.42 Å². The minimum Gasteiger partial charge on any atom is -0.478 e. The number of aliphatic carboxylic acids is 1. The van der Waals surface area contributed by atoms with E-state index in [9.17, 15) is 13.2 Å². The highest BCUT2D eigenvalue weighted by Gasteiger charge is 2.17. The maximum absolute atomic E-state index is 11.9. The number of hydrogen-bond donors (Lipinski definition) is 2. The van der Waals surface area contributed by atoms with Gasteiger partial charge in [0.2, 0.25) is 10.0 Å². The predicted octanol–water partition coefficient (Wildman–Crippen LogP) is 2.70. The van der Waals surface area contributed by atoms with E-state index in [0.717, 1.165) is 16.5 Å². The molecule has 1 aromatic rings. The van der Waals surface area contributed by atoms with Crippen LogP contribution in [0.3, 0.4) is 0 Å². The minimum absolute atomic E-state index is 0.0214. The molecule has 118 valence electrons. The van der Waals surface area contributed by atoms with Crippen molar-refractivity contribution >= 4 is 33.4 Å². The van der Waals surface area contributed by atoms with Crippen molar-refractivity contribution in [2.45, 2.75) is 33.7 Å². The molecule has 0 bridgehead atoms. The number of carboxylic acid groups (broad SMARTS) is 1. The second-order valence-corrected chi connectivity index (χ2v) is 8.89. The Morgan fingerprint density at radius 1 is 1.43 bits per heavy atom. The van der Waals surface area contributed by atoms with Crippen molar-refractivity contribution in [2.24, 2.45) is 5.41 Å². The average molecular weight is 331 g/mol. The van der Waals surface area contributed by atoms with Gasteiger partial charge in [-0.15, -0.1) is 11.3 Å². The van der Waals surface area contributed by atoms with Crippen LogP contribution < -0.4 is 4.72 Å². The molecule has 7 heteroatoms. The first-order chi connectivity index (χ1) is 9.57. The summed E-state index contributed by atoms with van der Waals surface area (Å²) in [6.07, 6.45) is 3.13. The molecule has 0 atom stereocenters. The lowest BCUT2D eigenvalue weighted by atomic mass is 9.94. The molecule has 0 saturated heterocycles. The monoisotopic (exact) mass is 331 g/mol. The SMILES string of the molecule is CC(C)(C)CCS(=O)(=O)NCc1cc(/C=C/C(=O)O)cs1. The first kappa shape index (κ1) is 17.9. The Balaban J connectivity index is 2.53. The zero-order chi connectivity index (χ0) is 16.1. The summed E-state index contributed by atoms with van der Waals surface area (Å²) in [6.45, 7) is 6.24. The zero-order valence-electron chi connectivity index (χ0n) is 12.4. The molecule has 0 radical (unpaired) electrons. The van der Waals surface area contributed by atoms with Crippen LogP contribution in [0.4, 0.5) is 0 Å². The highest BCUT2D eigenvalue weighted by atomic mass is 32.2. The Kier molecular flexibility index (Phi) is 6.12. The molecule has 2 N–H and O–H groups in total. The highest BCUT2D eigenvalue weighted by Crippen LogP contribution is 2.19. The standard InChI is InChI=1S/C14H21NO4S2/c1-14(2,3)6-7-21(18,19)15-9-12-8-11(10-20-12)4-5-13(16)17/h4-5,8,10,15H,6-7,9H2,1-3H3,(H,16,17)/b5-4+. The molecule has 1 aromatic heterocycles. The second kappa shape index (κ2) is 7.20. The van der Waals surface area contributed by atoms with Crippen LogP contribution in [0.2, 0.25) is 0 Å². The van der Waals surface area contributed by atoms with Gasteiger partial charge in [-0.2, -0.15) is 0 Å². The highest BCUT2D eigenvalue weighted by molar-refractivity contribution is 7.89. The molecule has 0 saturated carbocycles. The summed E-state index contributed by atoms with van der Waals surface area (Å²) in [4.78, 5) is 11.3. The molecular formula is C14H21NO4S2. The molecule has 5 nitrogen and oxygen atoms in total. The van der Waals surface area contributed by atoms with Gasteiger partial charge in [-0.1, -0.05) is 20.8 Å². The zero-order valence-corrected chi connectivity index (χ0v) is 14.1. The lowest BCUT2D eigenvalue weighted by Gasteiger charge is -2.17. The Morgan fingerprint density at radius 3 is 2.67 bits per heavy atom. The van der Waals surface area contributed by atoms with Gasteiger partial charge in [0.1, 0.15) is 0 Å². The minimum atomic E-state index is -3.28. The van der Waals surface area contributed by atoms with Crippen LogP contribution in [0.25, 0.3) is 6.08 Å². The summed E-state index contributed by atoms with van der Waals surface area (Å²) in [6, 6.07) is 1.77. The predicted molar refractivity (Wildman–Crippen MR) is 85.7 cm³/mol. The van der Waals surface area contributed by atoms with E-state index in [4.69, 9.17) is 5.11 Å². The average Bonchev–Trinajstić information content (AvgIpc) is 2.79. The number of carbonyl (C=O) groups is 1. The van der Waals surface area contributed by atoms with Crippen LogP contribution in [-0.4, -0.2) is 25.2 Å². The molecule has 0 unspecified atom stereocenters. The van der Waals surface area contributed by atoms with Gasteiger partial charge < -0.3 is 5.11 Å². The Morgan fingerprint density at radius 2 is 2.10 bits per heavy atom. The third-order valence-electron chi connectivity index (χ3n) is 2.68. The first-order valence-corrected chi connectivity index (χ1v) is 9.06. The second-order valence-electron chi connectivity index (χ2n) is 5.97. The summed E-state index contributed by atoms with van der Waals surface area (Å²) in [7, 11) is -3.28. The van der Waals surface area contributed by atoms with Gasteiger partial charge in [-0.05, 0) is 34.9 Å². The molecule has 0 aromatic carbocycles. The van der Waals surface area contributed by atoms with Crippen LogP contribution >= 0.6 is 11.3 Å². The summed E-state index contributed by atoms with van der Waals surface area (Å²) in [5.74, 6) is -0.904. The molecule has 0 aliphatic carbocycles. The third kappa shape index (κ3) is 7.99. The van der Waals surface area contributed by atoms with Crippen LogP contribution in [0, 0.1) is 5.41 Å². The van der Waals surface area contributed by atoms with E-state index >= 15 is 0 Å². The van der Waals surface area contributed by atoms with E-state index in [1.807, 2.05) is 20.8 Å². The molecular weight excluding hydrogens is 310 g/mol. The largest absolute Gasteiger partial charge is 0.478 e. The van der Waals surface area contributed by atoms with Gasteiger partial charge >= 0.3 is 5.97 Å². The Hall–Kier alpha value is -1.18. The van der Waals surface area contributed by atoms with Gasteiger partial charge in [0.25, 0.3) is 0 Å². The van der Waals surface area contributed by atoms with Crippen LogP contribution in [0.15, 0.2) is 17.5 Å². The van der Waals surface area contributed by atoms with Crippen molar-refractivity contribution in [3.8, 4) is 0 Å². The van der Waals surface area contributed by atoms with E-state index in [1.165, 1.54) is 17.4 Å². The number of thiophene rings is 1. The van der Waals surface area contributed by atoms with Gasteiger partial charge in [0.05, 0.1) is 5.75 Å². The number of hydrogen-bond acceptors (Lipinski definition) is 4. The third-order valence-corrected chi connectivity index (χ3v) is 4.96. The summed E-state index contributed by atoms with van der Waals surface area (Å²) in [5, 5.41) is 10.3. The van der Waals surface area contributed by atoms with Gasteiger partial charge in [0, 0.05) is 17.5 Å². The molecule has 0 aliphatic heterocycles. The van der Waals surface area contributed by atoms with Crippen molar-refractivity contribution in [1.82, 2.24) is 4.72 Å². The fraction of sp³-hybridized carbons (Fsp3) is 0.500. The quantitative estimate of drug-likeness (QED) is 0.753. The summed E-state index contributed by atoms with van der Waals surface area (Å²) in [5.41, 5.74) is 0.734. The topological polar surface area (TPSA) is 83.5 Å². The van der Waals surface area contributed by atoms with E-state index < -0.39 is 16.0 Å². The van der Waals surface area contributed by atoms with Crippen molar-refractivity contribution < 1.29 is 18.3 Å². The summed E-state index contributed by atoms with van der Waals surface area (Å²) < 4.78 is 26.3. The Labute approximate surface area is 129 Å².